The Morgan fingerprint density at radius 1 is 1.07 bits per heavy atom. The van der Waals surface area contributed by atoms with Gasteiger partial charge in [-0.1, -0.05) is 25.5 Å². The third-order valence-electron chi connectivity index (χ3n) is 4.05. The molecule has 144 valence electrons. The molecule has 27 heavy (non-hydrogen) atoms. The van der Waals surface area contributed by atoms with Crippen LogP contribution in [-0.2, 0) is 16.0 Å². The highest BCUT2D eigenvalue weighted by Gasteiger charge is 2.22. The van der Waals surface area contributed by atoms with Crippen molar-refractivity contribution in [2.45, 2.75) is 32.2 Å². The summed E-state index contributed by atoms with van der Waals surface area (Å²) in [7, 11) is 1.28. The quantitative estimate of drug-likeness (QED) is 0.523. The molecule has 1 unspecified atom stereocenters. The van der Waals surface area contributed by atoms with E-state index in [1.807, 2.05) is 0 Å². The van der Waals surface area contributed by atoms with Gasteiger partial charge in [0.15, 0.2) is 0 Å². The SMILES string of the molecule is CCCCOc1ccc(C(=O)NC(Cc2ccc(O)cc2)C(=O)OC)cc1. The molecule has 0 fully saturated rings. The zero-order valence-corrected chi connectivity index (χ0v) is 15.6. The molecule has 1 amide bonds. The zero-order valence-electron chi connectivity index (χ0n) is 15.6. The summed E-state index contributed by atoms with van der Waals surface area (Å²) in [5.41, 5.74) is 1.22. The van der Waals surface area contributed by atoms with Crippen molar-refractivity contribution >= 4 is 11.9 Å². The molecular weight excluding hydrogens is 346 g/mol. The topological polar surface area (TPSA) is 84.9 Å². The van der Waals surface area contributed by atoms with E-state index in [1.165, 1.54) is 19.2 Å². The Bertz CT molecular complexity index is 740. The van der Waals surface area contributed by atoms with Crippen molar-refractivity contribution in [3.8, 4) is 11.5 Å². The Morgan fingerprint density at radius 3 is 2.33 bits per heavy atom. The van der Waals surface area contributed by atoms with Gasteiger partial charge in [0.2, 0.25) is 0 Å². The van der Waals surface area contributed by atoms with Crippen LogP contribution in [0.25, 0.3) is 0 Å². The van der Waals surface area contributed by atoms with Crippen LogP contribution in [0.5, 0.6) is 11.5 Å². The molecule has 6 nitrogen and oxygen atoms in total. The number of nitrogens with one attached hydrogen (secondary N) is 1. The van der Waals surface area contributed by atoms with E-state index < -0.39 is 12.0 Å². The Hall–Kier alpha value is -3.02. The van der Waals surface area contributed by atoms with Gasteiger partial charge in [0.1, 0.15) is 17.5 Å². The van der Waals surface area contributed by atoms with Crippen LogP contribution in [0.3, 0.4) is 0 Å². The Kier molecular flexibility index (Phi) is 7.67. The number of unbranched alkanes of at least 4 members (excludes halogenated alkanes) is 1. The number of ether oxygens (including phenoxy) is 2. The predicted molar refractivity (Wildman–Crippen MR) is 102 cm³/mol. The first-order valence-electron chi connectivity index (χ1n) is 8.93. The first kappa shape index (κ1) is 20.3. The summed E-state index contributed by atoms with van der Waals surface area (Å²) in [6.07, 6.45) is 2.29. The van der Waals surface area contributed by atoms with Gasteiger partial charge in [-0.25, -0.2) is 4.79 Å². The van der Waals surface area contributed by atoms with Crippen molar-refractivity contribution in [1.82, 2.24) is 5.32 Å². The van der Waals surface area contributed by atoms with E-state index in [4.69, 9.17) is 9.47 Å². The maximum Gasteiger partial charge on any atom is 0.328 e. The standard InChI is InChI=1S/C21H25NO5/c1-3-4-13-27-18-11-7-16(8-12-18)20(24)22-19(21(25)26-2)14-15-5-9-17(23)10-6-15/h5-12,19,23H,3-4,13-14H2,1-2H3,(H,22,24). The molecule has 0 saturated carbocycles. The van der Waals surface area contributed by atoms with E-state index in [-0.39, 0.29) is 18.1 Å². The number of methoxy groups -OCH3 is 1. The summed E-state index contributed by atoms with van der Waals surface area (Å²) >= 11 is 0. The summed E-state index contributed by atoms with van der Waals surface area (Å²) in [6, 6.07) is 12.4. The number of phenols is 1. The summed E-state index contributed by atoms with van der Waals surface area (Å²) < 4.78 is 10.4. The number of esters is 1. The molecule has 0 radical (unpaired) electrons. The van der Waals surface area contributed by atoms with Crippen LogP contribution in [-0.4, -0.2) is 36.7 Å². The summed E-state index contributed by atoms with van der Waals surface area (Å²) in [4.78, 5) is 24.5. The van der Waals surface area contributed by atoms with Crippen molar-refractivity contribution < 1.29 is 24.2 Å². The Balaban J connectivity index is 2.02. The van der Waals surface area contributed by atoms with Gasteiger partial charge in [-0.15, -0.1) is 0 Å². The van der Waals surface area contributed by atoms with Crippen LogP contribution >= 0.6 is 0 Å². The first-order valence-corrected chi connectivity index (χ1v) is 8.93. The van der Waals surface area contributed by atoms with Gasteiger partial charge in [0.25, 0.3) is 5.91 Å². The molecule has 2 N–H and O–H groups in total. The largest absolute Gasteiger partial charge is 0.508 e. The summed E-state index contributed by atoms with van der Waals surface area (Å²) in [6.45, 7) is 2.73. The molecule has 0 saturated heterocycles. The Morgan fingerprint density at radius 2 is 1.74 bits per heavy atom. The van der Waals surface area contributed by atoms with Crippen molar-refractivity contribution in [3.05, 3.63) is 59.7 Å². The zero-order chi connectivity index (χ0) is 19.6. The van der Waals surface area contributed by atoms with Gasteiger partial charge in [-0.05, 0) is 48.4 Å². The molecule has 1 atom stereocenters. The average Bonchev–Trinajstić information content (AvgIpc) is 2.69. The second-order valence-electron chi connectivity index (χ2n) is 6.15. The number of rotatable bonds is 9. The fraction of sp³-hybridized carbons (Fsp3) is 0.333. The van der Waals surface area contributed by atoms with Crippen LogP contribution < -0.4 is 10.1 Å². The van der Waals surface area contributed by atoms with Crippen molar-refractivity contribution in [3.63, 3.8) is 0 Å². The van der Waals surface area contributed by atoms with Crippen molar-refractivity contribution in [2.75, 3.05) is 13.7 Å². The van der Waals surface area contributed by atoms with Crippen LogP contribution in [0, 0.1) is 0 Å². The molecule has 2 rings (SSSR count). The molecule has 0 aliphatic rings. The van der Waals surface area contributed by atoms with E-state index in [0.717, 1.165) is 18.4 Å². The lowest BCUT2D eigenvalue weighted by atomic mass is 10.1. The number of phenolic OH excluding ortho intramolecular Hbond substituents is 1. The molecule has 0 spiro atoms. The lowest BCUT2D eigenvalue weighted by molar-refractivity contribution is -0.142. The molecule has 0 bridgehead atoms. The highest BCUT2D eigenvalue weighted by molar-refractivity contribution is 5.96. The number of carbonyl (C=O) groups excluding carboxylic acids is 2. The van der Waals surface area contributed by atoms with Gasteiger partial charge >= 0.3 is 5.97 Å². The van der Waals surface area contributed by atoms with Crippen LogP contribution in [0.4, 0.5) is 0 Å². The molecule has 0 aromatic heterocycles. The molecule has 0 aliphatic carbocycles. The number of benzene rings is 2. The minimum Gasteiger partial charge on any atom is -0.508 e. The molecule has 2 aromatic carbocycles. The van der Waals surface area contributed by atoms with Gasteiger partial charge in [-0.2, -0.15) is 0 Å². The predicted octanol–water partition coefficient (Wildman–Crippen LogP) is 3.09. The molecular formula is C21H25NO5. The van der Waals surface area contributed by atoms with Gasteiger partial charge in [-0.3, -0.25) is 4.79 Å². The molecule has 0 heterocycles. The monoisotopic (exact) mass is 371 g/mol. The summed E-state index contributed by atoms with van der Waals surface area (Å²) in [5, 5.41) is 12.1. The second kappa shape index (κ2) is 10.2. The minimum absolute atomic E-state index is 0.138. The minimum atomic E-state index is -0.826. The van der Waals surface area contributed by atoms with Crippen molar-refractivity contribution in [2.24, 2.45) is 0 Å². The maximum absolute atomic E-state index is 12.5. The fourth-order valence-corrected chi connectivity index (χ4v) is 2.48. The third-order valence-corrected chi connectivity index (χ3v) is 4.05. The van der Waals surface area contributed by atoms with Gasteiger partial charge < -0.3 is 19.9 Å². The van der Waals surface area contributed by atoms with E-state index >= 15 is 0 Å². The molecule has 6 heteroatoms. The van der Waals surface area contributed by atoms with Crippen molar-refractivity contribution in [1.29, 1.82) is 0 Å². The smallest absolute Gasteiger partial charge is 0.328 e. The molecule has 2 aromatic rings. The lowest BCUT2D eigenvalue weighted by Crippen LogP contribution is -2.43. The fourth-order valence-electron chi connectivity index (χ4n) is 2.48. The Labute approximate surface area is 159 Å². The summed E-state index contributed by atoms with van der Waals surface area (Å²) in [5.74, 6) is -0.0625. The van der Waals surface area contributed by atoms with Crippen LogP contribution in [0.15, 0.2) is 48.5 Å². The highest BCUT2D eigenvalue weighted by Crippen LogP contribution is 2.14. The number of hydrogen-bond donors (Lipinski definition) is 2. The van der Waals surface area contributed by atoms with Gasteiger partial charge in [0, 0.05) is 12.0 Å². The van der Waals surface area contributed by atoms with Crippen LogP contribution in [0.2, 0.25) is 0 Å². The lowest BCUT2D eigenvalue weighted by Gasteiger charge is -2.17. The number of hydrogen-bond acceptors (Lipinski definition) is 5. The second-order valence-corrected chi connectivity index (χ2v) is 6.15. The normalized spacial score (nSPS) is 11.5. The molecule has 0 aliphatic heterocycles. The third kappa shape index (κ3) is 6.33. The van der Waals surface area contributed by atoms with E-state index in [1.54, 1.807) is 36.4 Å². The van der Waals surface area contributed by atoms with E-state index in [9.17, 15) is 14.7 Å². The van der Waals surface area contributed by atoms with E-state index in [0.29, 0.717) is 17.9 Å². The van der Waals surface area contributed by atoms with Gasteiger partial charge in [0.05, 0.1) is 13.7 Å². The first-order chi connectivity index (χ1) is 13.0. The average molecular weight is 371 g/mol. The number of aromatic hydroxyl groups is 1. The van der Waals surface area contributed by atoms with E-state index in [2.05, 4.69) is 12.2 Å². The number of amides is 1. The number of carbonyl (C=O) groups is 2. The highest BCUT2D eigenvalue weighted by atomic mass is 16.5. The van der Waals surface area contributed by atoms with Crippen LogP contribution in [0.1, 0.15) is 35.7 Å². The maximum atomic E-state index is 12.5.